The van der Waals surface area contributed by atoms with E-state index >= 15 is 0 Å². The minimum absolute atomic E-state index is 0.167. The Labute approximate surface area is 161 Å². The quantitative estimate of drug-likeness (QED) is 0.399. The third-order valence-corrected chi connectivity index (χ3v) is 5.15. The van der Waals surface area contributed by atoms with Gasteiger partial charge in [-0.3, -0.25) is 0 Å². The molecule has 1 aromatic carbocycles. The Kier molecular flexibility index (Phi) is 6.66. The van der Waals surface area contributed by atoms with Crippen molar-refractivity contribution in [2.45, 2.75) is 39.4 Å². The highest BCUT2D eigenvalue weighted by atomic mass is 35.5. The summed E-state index contributed by atoms with van der Waals surface area (Å²) in [6.07, 6.45) is 0. The van der Waals surface area contributed by atoms with Gasteiger partial charge in [0.1, 0.15) is 50.8 Å². The zero-order valence-corrected chi connectivity index (χ0v) is 17.0. The van der Waals surface area contributed by atoms with Gasteiger partial charge in [0.2, 0.25) is 0 Å². The third kappa shape index (κ3) is 5.43. The highest BCUT2D eigenvalue weighted by Gasteiger charge is 2.26. The summed E-state index contributed by atoms with van der Waals surface area (Å²) in [7, 11) is 0. The van der Waals surface area contributed by atoms with E-state index < -0.39 is 16.1 Å². The number of hydrogen-bond acceptors (Lipinski definition) is 4. The molecule has 1 aromatic heterocycles. The van der Waals surface area contributed by atoms with Crippen molar-refractivity contribution in [2.24, 2.45) is 4.40 Å². The van der Waals surface area contributed by atoms with Crippen LogP contribution in [0.2, 0.25) is 5.15 Å². The molecule has 0 aliphatic rings. The fraction of sp³-hybridized carbons (Fsp3) is 0.368. The number of halogens is 2. The number of benzene rings is 1. The van der Waals surface area contributed by atoms with Crippen LogP contribution in [0.25, 0.3) is 11.3 Å². The van der Waals surface area contributed by atoms with Gasteiger partial charge in [-0.05, 0) is 70.5 Å². The summed E-state index contributed by atoms with van der Waals surface area (Å²) in [6, 6.07) is 7.65. The van der Waals surface area contributed by atoms with Crippen molar-refractivity contribution >= 4 is 28.7 Å². The molecule has 0 fully saturated rings. The van der Waals surface area contributed by atoms with Crippen molar-refractivity contribution in [1.82, 2.24) is 4.98 Å². The molecule has 0 saturated heterocycles. The molecule has 0 spiro atoms. The first-order valence-electron chi connectivity index (χ1n) is 8.10. The van der Waals surface area contributed by atoms with E-state index in [9.17, 15) is 8.94 Å². The SMILES string of the molecule is CC(COc1c(C)cc(Cl)nc1-c1ccc(F)cc1)=N[S+]([O-])C(C)(C)C. The van der Waals surface area contributed by atoms with E-state index in [-0.39, 0.29) is 12.4 Å². The summed E-state index contributed by atoms with van der Waals surface area (Å²) in [6.45, 7) is 9.37. The number of rotatable bonds is 5. The normalized spacial score (nSPS) is 13.6. The number of nitrogens with zero attached hydrogens (tertiary/aromatic N) is 2. The molecule has 1 atom stereocenters. The van der Waals surface area contributed by atoms with E-state index in [0.29, 0.717) is 27.9 Å². The van der Waals surface area contributed by atoms with Gasteiger partial charge in [-0.1, -0.05) is 16.0 Å². The van der Waals surface area contributed by atoms with E-state index in [0.717, 1.165) is 5.56 Å². The molecule has 0 radical (unpaired) electrons. The van der Waals surface area contributed by atoms with Gasteiger partial charge in [0.05, 0.1) is 0 Å². The fourth-order valence-corrected chi connectivity index (χ4v) is 2.95. The Morgan fingerprint density at radius 3 is 2.50 bits per heavy atom. The molecule has 2 aromatic rings. The minimum atomic E-state index is -1.35. The predicted molar refractivity (Wildman–Crippen MR) is 106 cm³/mol. The van der Waals surface area contributed by atoms with Crippen molar-refractivity contribution in [1.29, 1.82) is 0 Å². The van der Waals surface area contributed by atoms with Crippen LogP contribution in [0, 0.1) is 12.7 Å². The van der Waals surface area contributed by atoms with Crippen molar-refractivity contribution in [2.75, 3.05) is 6.61 Å². The van der Waals surface area contributed by atoms with Crippen LogP contribution in [-0.2, 0) is 11.4 Å². The van der Waals surface area contributed by atoms with Gasteiger partial charge < -0.3 is 9.29 Å². The second-order valence-electron chi connectivity index (χ2n) is 6.92. The summed E-state index contributed by atoms with van der Waals surface area (Å²) in [4.78, 5) is 4.33. The lowest BCUT2D eigenvalue weighted by Gasteiger charge is -2.19. The molecule has 0 saturated carbocycles. The highest BCUT2D eigenvalue weighted by Crippen LogP contribution is 2.33. The number of pyridine rings is 1. The number of aryl methyl sites for hydroxylation is 1. The summed E-state index contributed by atoms with van der Waals surface area (Å²) >= 11 is 4.73. The van der Waals surface area contributed by atoms with E-state index in [1.807, 2.05) is 27.7 Å². The molecular formula is C19H22ClFN2O2S. The van der Waals surface area contributed by atoms with Gasteiger partial charge in [-0.15, -0.1) is 0 Å². The Morgan fingerprint density at radius 1 is 1.31 bits per heavy atom. The lowest BCUT2D eigenvalue weighted by molar-refractivity contribution is 0.373. The Hall–Kier alpha value is -1.63. The van der Waals surface area contributed by atoms with E-state index in [4.69, 9.17) is 16.3 Å². The molecule has 4 nitrogen and oxygen atoms in total. The third-order valence-electron chi connectivity index (χ3n) is 3.43. The topological polar surface area (TPSA) is 57.5 Å². The zero-order valence-electron chi connectivity index (χ0n) is 15.5. The molecule has 1 unspecified atom stereocenters. The van der Waals surface area contributed by atoms with Crippen LogP contribution in [-0.4, -0.2) is 26.6 Å². The van der Waals surface area contributed by atoms with Crippen LogP contribution in [0.4, 0.5) is 4.39 Å². The van der Waals surface area contributed by atoms with Gasteiger partial charge in [-0.25, -0.2) is 9.37 Å². The molecule has 1 heterocycles. The van der Waals surface area contributed by atoms with Gasteiger partial charge in [-0.2, -0.15) is 0 Å². The molecule has 26 heavy (non-hydrogen) atoms. The first-order valence-corrected chi connectivity index (χ1v) is 9.58. The maximum atomic E-state index is 13.2. The fourth-order valence-electron chi connectivity index (χ4n) is 2.09. The highest BCUT2D eigenvalue weighted by molar-refractivity contribution is 7.91. The molecule has 0 N–H and O–H groups in total. The number of ether oxygens (including phenoxy) is 1. The lowest BCUT2D eigenvalue weighted by Crippen LogP contribution is -2.27. The first-order chi connectivity index (χ1) is 12.1. The second-order valence-corrected chi connectivity index (χ2v) is 9.22. The Morgan fingerprint density at radius 2 is 1.92 bits per heavy atom. The van der Waals surface area contributed by atoms with Crippen molar-refractivity contribution < 1.29 is 13.7 Å². The summed E-state index contributed by atoms with van der Waals surface area (Å²) in [5.74, 6) is 0.208. The largest absolute Gasteiger partial charge is 0.591 e. The number of aromatic nitrogens is 1. The van der Waals surface area contributed by atoms with Crippen LogP contribution in [0.15, 0.2) is 34.7 Å². The lowest BCUT2D eigenvalue weighted by atomic mass is 10.1. The summed E-state index contributed by atoms with van der Waals surface area (Å²) < 4.78 is 35.0. The van der Waals surface area contributed by atoms with Crippen molar-refractivity contribution in [3.05, 3.63) is 46.9 Å². The monoisotopic (exact) mass is 396 g/mol. The smallest absolute Gasteiger partial charge is 0.149 e. The number of hydrogen-bond donors (Lipinski definition) is 0. The molecule has 7 heteroatoms. The van der Waals surface area contributed by atoms with Crippen LogP contribution in [0.5, 0.6) is 5.75 Å². The molecule has 0 aliphatic heterocycles. The first kappa shape index (κ1) is 20.7. The standard InChI is InChI=1S/C19H22ClFN2O2S/c1-12-10-16(20)22-17(14-6-8-15(21)9-7-14)18(12)25-11-13(2)23-26(24)19(3,4)5/h6-10H,11H2,1-5H3. The van der Waals surface area contributed by atoms with Gasteiger partial charge in [0.25, 0.3) is 0 Å². The van der Waals surface area contributed by atoms with Crippen molar-refractivity contribution in [3.8, 4) is 17.0 Å². The van der Waals surface area contributed by atoms with E-state index in [1.165, 1.54) is 12.1 Å². The van der Waals surface area contributed by atoms with Crippen molar-refractivity contribution in [3.63, 3.8) is 0 Å². The van der Waals surface area contributed by atoms with Gasteiger partial charge in [0.15, 0.2) is 0 Å². The molecule has 0 aliphatic carbocycles. The minimum Gasteiger partial charge on any atom is -0.591 e. The molecule has 0 amide bonds. The van der Waals surface area contributed by atoms with Crippen LogP contribution in [0.3, 0.4) is 0 Å². The van der Waals surface area contributed by atoms with E-state index in [1.54, 1.807) is 25.1 Å². The maximum absolute atomic E-state index is 13.2. The average Bonchev–Trinajstić information content (AvgIpc) is 2.53. The second kappa shape index (κ2) is 8.37. The van der Waals surface area contributed by atoms with Gasteiger partial charge >= 0.3 is 0 Å². The summed E-state index contributed by atoms with van der Waals surface area (Å²) in [5, 5.41) is 0.327. The van der Waals surface area contributed by atoms with E-state index in [2.05, 4.69) is 9.38 Å². The molecular weight excluding hydrogens is 375 g/mol. The predicted octanol–water partition coefficient (Wildman–Crippen LogP) is 5.15. The maximum Gasteiger partial charge on any atom is 0.149 e. The molecule has 2 rings (SSSR count). The molecule has 140 valence electrons. The molecule has 0 bridgehead atoms. The van der Waals surface area contributed by atoms with Crippen LogP contribution >= 0.6 is 11.6 Å². The zero-order chi connectivity index (χ0) is 19.5. The summed E-state index contributed by atoms with van der Waals surface area (Å²) in [5.41, 5.74) is 2.63. The Balaban J connectivity index is 2.29. The van der Waals surface area contributed by atoms with Crippen LogP contribution < -0.4 is 4.74 Å². The Bertz CT molecular complexity index is 804. The van der Waals surface area contributed by atoms with Crippen LogP contribution in [0.1, 0.15) is 33.3 Å². The average molecular weight is 397 g/mol. The van der Waals surface area contributed by atoms with Gasteiger partial charge in [0, 0.05) is 5.56 Å².